The summed E-state index contributed by atoms with van der Waals surface area (Å²) in [7, 11) is 1.57. The second-order valence-electron chi connectivity index (χ2n) is 7.59. The second-order valence-corrected chi connectivity index (χ2v) is 8.03. The normalized spacial score (nSPS) is 19.0. The highest BCUT2D eigenvalue weighted by molar-refractivity contribution is 6.30. The zero-order valence-corrected chi connectivity index (χ0v) is 18.2. The lowest BCUT2D eigenvalue weighted by Crippen LogP contribution is -2.50. The fraction of sp³-hybridized carbons (Fsp3) is 0.364. The number of halogens is 1. The second kappa shape index (κ2) is 10.4. The third-order valence-corrected chi connectivity index (χ3v) is 4.92. The lowest BCUT2D eigenvalue weighted by molar-refractivity contribution is 0.0975. The van der Waals surface area contributed by atoms with E-state index in [4.69, 9.17) is 16.3 Å². The monoisotopic (exact) mass is 429 g/mol. The first kappa shape index (κ1) is 22.1. The number of amides is 1. The molecule has 0 radical (unpaired) electrons. The number of carbonyl (C=O) groups excluding carboxylic acids is 1. The molecule has 8 heteroatoms. The van der Waals surface area contributed by atoms with E-state index in [-0.39, 0.29) is 18.1 Å². The van der Waals surface area contributed by atoms with Crippen LogP contribution in [0.3, 0.4) is 0 Å². The molecule has 0 aliphatic carbocycles. The van der Waals surface area contributed by atoms with Crippen LogP contribution in [-0.4, -0.2) is 31.7 Å². The number of methoxy groups -OCH3 is 1. The molecule has 0 bridgehead atoms. The minimum atomic E-state index is -0.246. The van der Waals surface area contributed by atoms with Gasteiger partial charge in [0.2, 0.25) is 0 Å². The van der Waals surface area contributed by atoms with E-state index >= 15 is 0 Å². The van der Waals surface area contributed by atoms with Crippen molar-refractivity contribution in [1.29, 1.82) is 0 Å². The van der Waals surface area contributed by atoms with Crippen LogP contribution in [0.2, 0.25) is 5.02 Å². The number of hydrazine groups is 1. The molecule has 0 spiro atoms. The van der Waals surface area contributed by atoms with E-state index in [9.17, 15) is 4.79 Å². The first-order valence-corrected chi connectivity index (χ1v) is 10.4. The highest BCUT2D eigenvalue weighted by Gasteiger charge is 2.26. The fourth-order valence-electron chi connectivity index (χ4n) is 3.07. The summed E-state index contributed by atoms with van der Waals surface area (Å²) in [5.41, 5.74) is 8.14. The van der Waals surface area contributed by atoms with Gasteiger partial charge < -0.3 is 10.1 Å². The average molecular weight is 430 g/mol. The van der Waals surface area contributed by atoms with Gasteiger partial charge in [-0.3, -0.25) is 15.1 Å². The Balaban J connectivity index is 1.66. The molecule has 0 aromatic heterocycles. The number of ether oxygens (including phenoxy) is 1. The van der Waals surface area contributed by atoms with Crippen molar-refractivity contribution in [3.63, 3.8) is 0 Å². The number of carbonyl (C=O) groups is 1. The van der Waals surface area contributed by atoms with E-state index in [1.54, 1.807) is 31.4 Å². The third-order valence-electron chi connectivity index (χ3n) is 4.66. The molecule has 1 fully saturated rings. The number of rotatable bonds is 6. The van der Waals surface area contributed by atoms with Crippen LogP contribution in [0, 0.1) is 5.92 Å². The van der Waals surface area contributed by atoms with Gasteiger partial charge in [0.15, 0.2) is 5.96 Å². The van der Waals surface area contributed by atoms with E-state index in [0.717, 1.165) is 12.0 Å². The SMILES string of the molecule is COc1cccc(C(=O)NC(=NCC(C)C)NC2CC(c3ccc(Cl)cc3)NN2)c1. The maximum Gasteiger partial charge on any atom is 0.258 e. The molecular weight excluding hydrogens is 402 g/mol. The number of guanidine groups is 1. The third kappa shape index (κ3) is 6.19. The van der Waals surface area contributed by atoms with Crippen molar-refractivity contribution in [2.24, 2.45) is 10.9 Å². The van der Waals surface area contributed by atoms with Crippen molar-refractivity contribution in [2.45, 2.75) is 32.5 Å². The highest BCUT2D eigenvalue weighted by Crippen LogP contribution is 2.22. The topological polar surface area (TPSA) is 86.8 Å². The van der Waals surface area contributed by atoms with Gasteiger partial charge in [-0.25, -0.2) is 10.9 Å². The molecule has 1 saturated heterocycles. The quantitative estimate of drug-likeness (QED) is 0.418. The van der Waals surface area contributed by atoms with E-state index in [1.807, 2.05) is 24.3 Å². The molecule has 7 nitrogen and oxygen atoms in total. The molecule has 2 aromatic carbocycles. The number of benzene rings is 2. The minimum Gasteiger partial charge on any atom is -0.497 e. The predicted molar refractivity (Wildman–Crippen MR) is 120 cm³/mol. The maximum absolute atomic E-state index is 12.7. The van der Waals surface area contributed by atoms with Crippen LogP contribution >= 0.6 is 11.6 Å². The van der Waals surface area contributed by atoms with E-state index in [0.29, 0.717) is 34.8 Å². The van der Waals surface area contributed by atoms with Gasteiger partial charge in [-0.05, 0) is 41.8 Å². The molecule has 4 N–H and O–H groups in total. The van der Waals surface area contributed by atoms with Crippen molar-refractivity contribution < 1.29 is 9.53 Å². The minimum absolute atomic E-state index is 0.0952. The Kier molecular flexibility index (Phi) is 7.68. The van der Waals surface area contributed by atoms with Crippen molar-refractivity contribution in [3.8, 4) is 5.75 Å². The number of hydrogen-bond donors (Lipinski definition) is 4. The molecule has 2 aromatic rings. The first-order chi connectivity index (χ1) is 14.4. The molecular formula is C22H28ClN5O2. The van der Waals surface area contributed by atoms with Crippen LogP contribution in [0.4, 0.5) is 0 Å². The number of hydrogen-bond acceptors (Lipinski definition) is 5. The van der Waals surface area contributed by atoms with E-state index < -0.39 is 0 Å². The molecule has 3 rings (SSSR count). The molecule has 1 aliphatic rings. The zero-order valence-electron chi connectivity index (χ0n) is 17.4. The summed E-state index contributed by atoms with van der Waals surface area (Å²) >= 11 is 5.98. The lowest BCUT2D eigenvalue weighted by atomic mass is 10.0. The van der Waals surface area contributed by atoms with Gasteiger partial charge in [-0.1, -0.05) is 43.6 Å². The van der Waals surface area contributed by atoms with Crippen LogP contribution in [0.15, 0.2) is 53.5 Å². The van der Waals surface area contributed by atoms with Gasteiger partial charge in [-0.15, -0.1) is 0 Å². The summed E-state index contributed by atoms with van der Waals surface area (Å²) in [6, 6.07) is 14.9. The van der Waals surface area contributed by atoms with Crippen molar-refractivity contribution in [3.05, 3.63) is 64.7 Å². The Morgan fingerprint density at radius 3 is 2.70 bits per heavy atom. The van der Waals surface area contributed by atoms with Crippen LogP contribution in [-0.2, 0) is 0 Å². The Hall–Kier alpha value is -2.61. The standard InChI is InChI=1S/C22H28ClN5O2/c1-14(2)13-24-22(26-21(29)16-5-4-6-18(11-16)30-3)25-20-12-19(27-28-20)15-7-9-17(23)10-8-15/h4-11,14,19-20,27-28H,12-13H2,1-3H3,(H2,24,25,26,29). The Morgan fingerprint density at radius 1 is 1.23 bits per heavy atom. The molecule has 1 heterocycles. The first-order valence-electron chi connectivity index (χ1n) is 9.97. The van der Waals surface area contributed by atoms with Crippen molar-refractivity contribution >= 4 is 23.5 Å². The van der Waals surface area contributed by atoms with Gasteiger partial charge >= 0.3 is 0 Å². The van der Waals surface area contributed by atoms with Gasteiger partial charge in [0, 0.05) is 29.6 Å². The lowest BCUT2D eigenvalue weighted by Gasteiger charge is -2.17. The highest BCUT2D eigenvalue weighted by atomic mass is 35.5. The molecule has 0 saturated carbocycles. The molecule has 1 aliphatic heterocycles. The van der Waals surface area contributed by atoms with Crippen molar-refractivity contribution in [2.75, 3.05) is 13.7 Å². The molecule has 160 valence electrons. The molecule has 2 unspecified atom stereocenters. The molecule has 1 amide bonds. The van der Waals surface area contributed by atoms with Crippen LogP contribution in [0.1, 0.15) is 42.2 Å². The van der Waals surface area contributed by atoms with Crippen LogP contribution in [0.5, 0.6) is 5.75 Å². The molecule has 30 heavy (non-hydrogen) atoms. The number of nitrogens with zero attached hydrogens (tertiary/aromatic N) is 1. The Morgan fingerprint density at radius 2 is 2.00 bits per heavy atom. The number of nitrogens with one attached hydrogen (secondary N) is 4. The smallest absolute Gasteiger partial charge is 0.258 e. The van der Waals surface area contributed by atoms with E-state index in [2.05, 4.69) is 40.3 Å². The predicted octanol–water partition coefficient (Wildman–Crippen LogP) is 3.25. The van der Waals surface area contributed by atoms with E-state index in [1.165, 1.54) is 0 Å². The van der Waals surface area contributed by atoms with Gasteiger partial charge in [0.05, 0.1) is 13.3 Å². The molecule has 2 atom stereocenters. The van der Waals surface area contributed by atoms with Gasteiger partial charge in [-0.2, -0.15) is 0 Å². The fourth-order valence-corrected chi connectivity index (χ4v) is 3.19. The summed E-state index contributed by atoms with van der Waals surface area (Å²) in [5.74, 6) is 1.19. The Bertz CT molecular complexity index is 885. The van der Waals surface area contributed by atoms with Crippen molar-refractivity contribution in [1.82, 2.24) is 21.5 Å². The maximum atomic E-state index is 12.7. The van der Waals surface area contributed by atoms with Gasteiger partial charge in [0.25, 0.3) is 5.91 Å². The summed E-state index contributed by atoms with van der Waals surface area (Å²) in [6.07, 6.45) is 0.680. The number of aliphatic imine (C=N–C) groups is 1. The van der Waals surface area contributed by atoms with Gasteiger partial charge in [0.1, 0.15) is 5.75 Å². The largest absolute Gasteiger partial charge is 0.497 e. The summed E-state index contributed by atoms with van der Waals surface area (Å²) in [6.45, 7) is 4.76. The summed E-state index contributed by atoms with van der Waals surface area (Å²) in [4.78, 5) is 17.3. The summed E-state index contributed by atoms with van der Waals surface area (Å²) in [5, 5.41) is 6.90. The average Bonchev–Trinajstić information content (AvgIpc) is 3.21. The zero-order chi connectivity index (χ0) is 21.5. The summed E-state index contributed by atoms with van der Waals surface area (Å²) < 4.78 is 5.21. The van der Waals surface area contributed by atoms with Crippen LogP contribution < -0.4 is 26.2 Å². The van der Waals surface area contributed by atoms with Crippen LogP contribution in [0.25, 0.3) is 0 Å². The Labute approximate surface area is 182 Å².